The lowest BCUT2D eigenvalue weighted by Crippen LogP contribution is -2.31. The van der Waals surface area contributed by atoms with E-state index in [1.54, 1.807) is 6.92 Å². The summed E-state index contributed by atoms with van der Waals surface area (Å²) in [5, 5.41) is 8.05. The summed E-state index contributed by atoms with van der Waals surface area (Å²) >= 11 is 0.867. The van der Waals surface area contributed by atoms with Crippen LogP contribution in [0.1, 0.15) is 31.9 Å². The first kappa shape index (κ1) is 15.2. The summed E-state index contributed by atoms with van der Waals surface area (Å²) in [5.41, 5.74) is 0.647. The first-order chi connectivity index (χ1) is 8.67. The van der Waals surface area contributed by atoms with Crippen molar-refractivity contribution in [2.75, 3.05) is 6.54 Å². The SMILES string of the molecule is CCN[C@H]1C[C@H](C)S(O)(O)c2sc(S(N)(=O)=O)cc21. The molecule has 0 aromatic carbocycles. The van der Waals surface area contributed by atoms with E-state index in [1.165, 1.54) is 6.07 Å². The molecule has 0 fully saturated rings. The zero-order valence-electron chi connectivity index (χ0n) is 10.7. The maximum Gasteiger partial charge on any atom is 0.247 e. The fourth-order valence-electron chi connectivity index (χ4n) is 2.20. The van der Waals surface area contributed by atoms with Crippen molar-refractivity contribution >= 4 is 31.9 Å². The van der Waals surface area contributed by atoms with E-state index < -0.39 is 20.6 Å². The van der Waals surface area contributed by atoms with Crippen LogP contribution in [0.5, 0.6) is 0 Å². The Morgan fingerprint density at radius 1 is 1.58 bits per heavy atom. The summed E-state index contributed by atoms with van der Waals surface area (Å²) in [6, 6.07) is 1.39. The predicted octanol–water partition coefficient (Wildman–Crippen LogP) is 1.95. The molecular formula is C10H18N2O4S3. The third-order valence-electron chi connectivity index (χ3n) is 3.21. The van der Waals surface area contributed by atoms with Crippen molar-refractivity contribution in [3.05, 3.63) is 11.6 Å². The van der Waals surface area contributed by atoms with Crippen LogP contribution in [-0.4, -0.2) is 29.3 Å². The van der Waals surface area contributed by atoms with Gasteiger partial charge in [0.25, 0.3) is 0 Å². The molecule has 1 aromatic rings. The predicted molar refractivity (Wildman–Crippen MR) is 77.3 cm³/mol. The van der Waals surface area contributed by atoms with Gasteiger partial charge in [-0.3, -0.25) is 9.11 Å². The van der Waals surface area contributed by atoms with Gasteiger partial charge in [0.2, 0.25) is 10.0 Å². The molecule has 0 amide bonds. The lowest BCUT2D eigenvalue weighted by Gasteiger charge is -2.44. The first-order valence-electron chi connectivity index (χ1n) is 5.85. The zero-order valence-corrected chi connectivity index (χ0v) is 13.1. The Bertz CT molecular complexity index is 582. The van der Waals surface area contributed by atoms with Crippen LogP contribution < -0.4 is 10.5 Å². The van der Waals surface area contributed by atoms with E-state index in [1.807, 2.05) is 6.92 Å². The Hall–Kier alpha value is -0.160. The molecule has 2 heterocycles. The minimum absolute atomic E-state index is 0.0190. The molecule has 1 aromatic heterocycles. The summed E-state index contributed by atoms with van der Waals surface area (Å²) < 4.78 is 43.7. The first-order valence-corrected chi connectivity index (χ1v) is 9.82. The van der Waals surface area contributed by atoms with E-state index in [-0.39, 0.29) is 15.5 Å². The van der Waals surface area contributed by atoms with Crippen LogP contribution in [0.15, 0.2) is 14.5 Å². The maximum atomic E-state index is 11.4. The molecule has 1 aliphatic heterocycles. The molecule has 19 heavy (non-hydrogen) atoms. The van der Waals surface area contributed by atoms with E-state index in [2.05, 4.69) is 5.32 Å². The molecule has 0 aliphatic carbocycles. The largest absolute Gasteiger partial charge is 0.310 e. The van der Waals surface area contributed by atoms with Crippen LogP contribution in [0.3, 0.4) is 0 Å². The van der Waals surface area contributed by atoms with Gasteiger partial charge in [0.15, 0.2) is 0 Å². The van der Waals surface area contributed by atoms with Gasteiger partial charge in [0.1, 0.15) is 8.42 Å². The van der Waals surface area contributed by atoms with Crippen LogP contribution >= 0.6 is 21.9 Å². The molecule has 110 valence electrons. The van der Waals surface area contributed by atoms with Crippen molar-refractivity contribution in [3.8, 4) is 0 Å². The highest BCUT2D eigenvalue weighted by molar-refractivity contribution is 8.26. The molecule has 0 bridgehead atoms. The quantitative estimate of drug-likeness (QED) is 0.678. The van der Waals surface area contributed by atoms with Gasteiger partial charge in [-0.2, -0.15) is 10.6 Å². The van der Waals surface area contributed by atoms with E-state index in [4.69, 9.17) is 5.14 Å². The molecule has 0 spiro atoms. The Morgan fingerprint density at radius 3 is 2.74 bits per heavy atom. The molecule has 0 unspecified atom stereocenters. The minimum atomic E-state index is -3.82. The van der Waals surface area contributed by atoms with Crippen LogP contribution in [-0.2, 0) is 10.0 Å². The van der Waals surface area contributed by atoms with Gasteiger partial charge in [0, 0.05) is 11.6 Å². The van der Waals surface area contributed by atoms with Crippen LogP contribution in [0.2, 0.25) is 0 Å². The maximum absolute atomic E-state index is 11.4. The highest BCUT2D eigenvalue weighted by Crippen LogP contribution is 2.63. The average molecular weight is 326 g/mol. The molecule has 0 radical (unpaired) electrons. The number of hydrogen-bond donors (Lipinski definition) is 4. The number of nitrogens with two attached hydrogens (primary N) is 1. The van der Waals surface area contributed by atoms with Gasteiger partial charge in [-0.05, 0) is 26.0 Å². The Labute approximate surface area is 118 Å². The van der Waals surface area contributed by atoms with Gasteiger partial charge in [0.05, 0.1) is 5.25 Å². The summed E-state index contributed by atoms with van der Waals surface area (Å²) in [5.74, 6) is 0. The van der Waals surface area contributed by atoms with E-state index in [0.29, 0.717) is 16.2 Å². The zero-order chi connectivity index (χ0) is 14.4. The van der Waals surface area contributed by atoms with Crippen molar-refractivity contribution < 1.29 is 17.5 Å². The molecule has 1 aliphatic rings. The standard InChI is InChI=1S/C10H18N2O4S3/c1-3-12-8-4-6(2)18(13,14)10-7(8)5-9(17-10)19(11,15)16/h5-6,8,12-14H,3-4H2,1-2H3,(H2,11,15,16)/t6-,8-/m0/s1. The van der Waals surface area contributed by atoms with Crippen molar-refractivity contribution in [3.63, 3.8) is 0 Å². The molecule has 5 N–H and O–H groups in total. The second-order valence-corrected chi connectivity index (χ2v) is 10.1. The number of thiophene rings is 1. The monoisotopic (exact) mass is 326 g/mol. The smallest absolute Gasteiger partial charge is 0.247 e. The molecule has 2 atom stereocenters. The molecule has 2 rings (SSSR count). The van der Waals surface area contributed by atoms with Crippen molar-refractivity contribution in [2.24, 2.45) is 5.14 Å². The lowest BCUT2D eigenvalue weighted by atomic mass is 10.1. The highest BCUT2D eigenvalue weighted by Gasteiger charge is 2.39. The number of rotatable bonds is 3. The van der Waals surface area contributed by atoms with E-state index in [9.17, 15) is 17.5 Å². The molecule has 9 heteroatoms. The number of primary sulfonamides is 1. The minimum Gasteiger partial charge on any atom is -0.310 e. The summed E-state index contributed by atoms with van der Waals surface area (Å²) in [6.45, 7) is 4.43. The van der Waals surface area contributed by atoms with Crippen LogP contribution in [0.4, 0.5) is 0 Å². The fraction of sp³-hybridized carbons (Fsp3) is 0.600. The topological polar surface area (TPSA) is 113 Å². The Morgan fingerprint density at radius 2 is 2.21 bits per heavy atom. The number of sulfonamides is 1. The van der Waals surface area contributed by atoms with Gasteiger partial charge < -0.3 is 5.32 Å². The summed E-state index contributed by atoms with van der Waals surface area (Å²) in [6.07, 6.45) is 0.559. The van der Waals surface area contributed by atoms with Crippen molar-refractivity contribution in [1.29, 1.82) is 0 Å². The molecule has 6 nitrogen and oxygen atoms in total. The number of nitrogens with one attached hydrogen (secondary N) is 1. The van der Waals surface area contributed by atoms with E-state index in [0.717, 1.165) is 17.9 Å². The summed E-state index contributed by atoms with van der Waals surface area (Å²) in [4.78, 5) is 0. The van der Waals surface area contributed by atoms with Gasteiger partial charge >= 0.3 is 0 Å². The van der Waals surface area contributed by atoms with Crippen LogP contribution in [0.25, 0.3) is 0 Å². The lowest BCUT2D eigenvalue weighted by molar-refractivity contribution is 0.424. The van der Waals surface area contributed by atoms with Crippen LogP contribution in [0, 0.1) is 0 Å². The van der Waals surface area contributed by atoms with E-state index >= 15 is 0 Å². The van der Waals surface area contributed by atoms with Crippen molar-refractivity contribution in [1.82, 2.24) is 5.32 Å². The third-order valence-corrected chi connectivity index (χ3v) is 8.66. The van der Waals surface area contributed by atoms with Gasteiger partial charge in [-0.15, -0.1) is 11.3 Å². The Balaban J connectivity index is 2.57. The molecular weight excluding hydrogens is 308 g/mol. The third kappa shape index (κ3) is 2.68. The van der Waals surface area contributed by atoms with Gasteiger partial charge in [-0.25, -0.2) is 13.6 Å². The molecule has 0 saturated carbocycles. The number of fused-ring (bicyclic) bond motifs is 1. The normalized spacial score (nSPS) is 27.8. The second kappa shape index (κ2) is 4.99. The summed E-state index contributed by atoms with van der Waals surface area (Å²) in [7, 11) is -6.77. The highest BCUT2D eigenvalue weighted by atomic mass is 32.3. The number of hydrogen-bond acceptors (Lipinski definition) is 6. The average Bonchev–Trinajstić information content (AvgIpc) is 2.72. The van der Waals surface area contributed by atoms with Gasteiger partial charge in [-0.1, -0.05) is 6.92 Å². The van der Waals surface area contributed by atoms with Crippen molar-refractivity contribution in [2.45, 2.75) is 40.0 Å². The second-order valence-electron chi connectivity index (χ2n) is 4.60. The molecule has 0 saturated heterocycles. The fourth-order valence-corrected chi connectivity index (χ4v) is 6.68. The Kier molecular flexibility index (Phi) is 4.00.